The van der Waals surface area contributed by atoms with Crippen LogP contribution in [0.4, 0.5) is 0 Å². The van der Waals surface area contributed by atoms with Crippen LogP contribution in [0.3, 0.4) is 0 Å². The fourth-order valence-electron chi connectivity index (χ4n) is 3.31. The number of rotatable bonds is 10. The predicted molar refractivity (Wildman–Crippen MR) is 121 cm³/mol. The van der Waals surface area contributed by atoms with Crippen molar-refractivity contribution in [2.75, 3.05) is 13.2 Å². The number of ether oxygens (including phenoxy) is 1. The van der Waals surface area contributed by atoms with Gasteiger partial charge < -0.3 is 14.2 Å². The maximum absolute atomic E-state index is 12.9. The van der Waals surface area contributed by atoms with Crippen LogP contribution in [-0.2, 0) is 29.1 Å². The van der Waals surface area contributed by atoms with E-state index in [1.54, 1.807) is 4.90 Å². The first kappa shape index (κ1) is 21.5. The van der Waals surface area contributed by atoms with Crippen molar-refractivity contribution in [1.29, 1.82) is 0 Å². The van der Waals surface area contributed by atoms with Crippen LogP contribution in [-0.4, -0.2) is 34.1 Å². The lowest BCUT2D eigenvalue weighted by atomic mass is 10.2. The van der Waals surface area contributed by atoms with Crippen LogP contribution in [0.2, 0.25) is 0 Å². The molecule has 0 atom stereocenters. The Hall–Kier alpha value is -3.77. The first-order chi connectivity index (χ1) is 15.8. The van der Waals surface area contributed by atoms with Crippen LogP contribution in [0.15, 0.2) is 95.5 Å². The molecule has 0 spiro atoms. The monoisotopic (exact) mass is 427 g/mol. The van der Waals surface area contributed by atoms with Crippen LogP contribution in [0.25, 0.3) is 11.4 Å². The lowest BCUT2D eigenvalue weighted by Crippen LogP contribution is -2.35. The molecule has 0 saturated heterocycles. The molecule has 6 nitrogen and oxygen atoms in total. The Morgan fingerprint density at radius 3 is 2.16 bits per heavy atom. The van der Waals surface area contributed by atoms with Gasteiger partial charge in [-0.05, 0) is 11.1 Å². The molecule has 0 saturated carbocycles. The van der Waals surface area contributed by atoms with E-state index in [0.29, 0.717) is 37.8 Å². The van der Waals surface area contributed by atoms with Crippen LogP contribution < -0.4 is 0 Å². The summed E-state index contributed by atoms with van der Waals surface area (Å²) < 4.78 is 11.1. The molecule has 0 bridgehead atoms. The predicted octanol–water partition coefficient (Wildman–Crippen LogP) is 4.52. The van der Waals surface area contributed by atoms with E-state index < -0.39 is 0 Å². The SMILES string of the molecule is O=C(COCc1ccccc1)N(CCc1nc(-c2ccccc2)no1)Cc1ccccc1. The minimum Gasteiger partial charge on any atom is -0.367 e. The number of hydrogen-bond donors (Lipinski definition) is 0. The Morgan fingerprint density at radius 1 is 0.844 bits per heavy atom. The molecule has 0 fully saturated rings. The van der Waals surface area contributed by atoms with Crippen LogP contribution in [0, 0.1) is 0 Å². The summed E-state index contributed by atoms with van der Waals surface area (Å²) in [5, 5.41) is 4.06. The van der Waals surface area contributed by atoms with Gasteiger partial charge in [0.05, 0.1) is 6.61 Å². The van der Waals surface area contributed by atoms with Gasteiger partial charge in [0.1, 0.15) is 6.61 Å². The molecule has 0 unspecified atom stereocenters. The van der Waals surface area contributed by atoms with Gasteiger partial charge in [0.2, 0.25) is 17.6 Å². The Kier molecular flexibility index (Phi) is 7.39. The lowest BCUT2D eigenvalue weighted by Gasteiger charge is -2.22. The van der Waals surface area contributed by atoms with Crippen LogP contribution >= 0.6 is 0 Å². The van der Waals surface area contributed by atoms with Crippen molar-refractivity contribution in [2.45, 2.75) is 19.6 Å². The van der Waals surface area contributed by atoms with Crippen molar-refractivity contribution in [3.05, 3.63) is 108 Å². The Balaban J connectivity index is 1.37. The molecule has 0 aliphatic carbocycles. The maximum atomic E-state index is 12.9. The first-order valence-corrected chi connectivity index (χ1v) is 10.6. The third kappa shape index (κ3) is 6.12. The van der Waals surface area contributed by atoms with Crippen molar-refractivity contribution in [2.24, 2.45) is 0 Å². The standard InChI is InChI=1S/C26H25N3O3/c30-25(20-31-19-22-12-6-2-7-13-22)29(18-21-10-4-1-5-11-21)17-16-24-27-26(28-32-24)23-14-8-3-9-15-23/h1-15H,16-20H2. The molecule has 0 aliphatic heterocycles. The smallest absolute Gasteiger partial charge is 0.248 e. The third-order valence-corrected chi connectivity index (χ3v) is 5.00. The summed E-state index contributed by atoms with van der Waals surface area (Å²) in [6, 6.07) is 29.4. The van der Waals surface area contributed by atoms with Gasteiger partial charge in [-0.1, -0.05) is 96.2 Å². The van der Waals surface area contributed by atoms with E-state index in [2.05, 4.69) is 10.1 Å². The number of nitrogens with zero attached hydrogens (tertiary/aromatic N) is 3. The minimum absolute atomic E-state index is 0.0147. The molecule has 32 heavy (non-hydrogen) atoms. The molecular formula is C26H25N3O3. The Labute approximate surface area is 187 Å². The molecule has 3 aromatic carbocycles. The molecule has 1 aromatic heterocycles. The van der Waals surface area contributed by atoms with Gasteiger partial charge in [0.15, 0.2) is 0 Å². The largest absolute Gasteiger partial charge is 0.367 e. The first-order valence-electron chi connectivity index (χ1n) is 10.6. The maximum Gasteiger partial charge on any atom is 0.248 e. The second kappa shape index (κ2) is 11.0. The molecule has 0 radical (unpaired) electrons. The molecular weight excluding hydrogens is 402 g/mol. The number of benzene rings is 3. The number of amides is 1. The summed E-state index contributed by atoms with van der Waals surface area (Å²) >= 11 is 0. The van der Waals surface area contributed by atoms with E-state index >= 15 is 0 Å². The summed E-state index contributed by atoms with van der Waals surface area (Å²) in [4.78, 5) is 19.2. The summed E-state index contributed by atoms with van der Waals surface area (Å²) in [6.07, 6.45) is 0.469. The average molecular weight is 428 g/mol. The molecule has 4 aromatic rings. The van der Waals surface area contributed by atoms with E-state index in [-0.39, 0.29) is 12.5 Å². The fraction of sp³-hybridized carbons (Fsp3) is 0.192. The summed E-state index contributed by atoms with van der Waals surface area (Å²) in [7, 11) is 0. The highest BCUT2D eigenvalue weighted by atomic mass is 16.5. The zero-order chi connectivity index (χ0) is 22.0. The van der Waals surface area contributed by atoms with Gasteiger partial charge in [-0.2, -0.15) is 4.98 Å². The van der Waals surface area contributed by atoms with E-state index in [0.717, 1.165) is 16.7 Å². The van der Waals surface area contributed by atoms with Crippen molar-refractivity contribution >= 4 is 5.91 Å². The molecule has 4 rings (SSSR count). The van der Waals surface area contributed by atoms with Gasteiger partial charge in [-0.15, -0.1) is 0 Å². The Morgan fingerprint density at radius 2 is 1.47 bits per heavy atom. The summed E-state index contributed by atoms with van der Waals surface area (Å²) in [5.74, 6) is 0.972. The van der Waals surface area contributed by atoms with Gasteiger partial charge in [-0.3, -0.25) is 4.79 Å². The number of hydrogen-bond acceptors (Lipinski definition) is 5. The van der Waals surface area contributed by atoms with E-state index in [9.17, 15) is 4.79 Å². The van der Waals surface area contributed by atoms with Gasteiger partial charge in [-0.25, -0.2) is 0 Å². The zero-order valence-corrected chi connectivity index (χ0v) is 17.8. The van der Waals surface area contributed by atoms with Gasteiger partial charge >= 0.3 is 0 Å². The van der Waals surface area contributed by atoms with Crippen LogP contribution in [0.1, 0.15) is 17.0 Å². The molecule has 0 aliphatic rings. The molecule has 1 amide bonds. The van der Waals surface area contributed by atoms with Crippen molar-refractivity contribution in [3.8, 4) is 11.4 Å². The van der Waals surface area contributed by atoms with Crippen LogP contribution in [0.5, 0.6) is 0 Å². The van der Waals surface area contributed by atoms with E-state index in [1.165, 1.54) is 0 Å². The second-order valence-electron chi connectivity index (χ2n) is 7.41. The number of carbonyl (C=O) groups is 1. The van der Waals surface area contributed by atoms with Crippen molar-refractivity contribution < 1.29 is 14.1 Å². The van der Waals surface area contributed by atoms with E-state index in [1.807, 2.05) is 91.0 Å². The fourth-order valence-corrected chi connectivity index (χ4v) is 3.31. The number of aromatic nitrogens is 2. The third-order valence-electron chi connectivity index (χ3n) is 5.00. The second-order valence-corrected chi connectivity index (χ2v) is 7.41. The summed E-state index contributed by atoms with van der Waals surface area (Å²) in [5.41, 5.74) is 2.99. The normalized spacial score (nSPS) is 10.8. The van der Waals surface area contributed by atoms with Crippen molar-refractivity contribution in [3.63, 3.8) is 0 Å². The summed E-state index contributed by atoms with van der Waals surface area (Å²) in [6.45, 7) is 1.36. The minimum atomic E-state index is -0.0763. The molecule has 6 heteroatoms. The highest BCUT2D eigenvalue weighted by Gasteiger charge is 2.17. The quantitative estimate of drug-likeness (QED) is 0.372. The lowest BCUT2D eigenvalue weighted by molar-refractivity contribution is -0.137. The zero-order valence-electron chi connectivity index (χ0n) is 17.8. The molecule has 162 valence electrons. The van der Waals surface area contributed by atoms with E-state index in [4.69, 9.17) is 9.26 Å². The van der Waals surface area contributed by atoms with Crippen molar-refractivity contribution in [1.82, 2.24) is 15.0 Å². The Bertz CT molecular complexity index is 1100. The number of carbonyl (C=O) groups excluding carboxylic acids is 1. The molecule has 1 heterocycles. The average Bonchev–Trinajstić information content (AvgIpc) is 3.33. The molecule has 0 N–H and O–H groups in total. The highest BCUT2D eigenvalue weighted by Crippen LogP contribution is 2.15. The van der Waals surface area contributed by atoms with Gasteiger partial charge in [0.25, 0.3) is 0 Å². The topological polar surface area (TPSA) is 68.5 Å². The van der Waals surface area contributed by atoms with Gasteiger partial charge in [0, 0.05) is 25.1 Å². The highest BCUT2D eigenvalue weighted by molar-refractivity contribution is 5.77.